The van der Waals surface area contributed by atoms with E-state index < -0.39 is 12.6 Å². The third-order valence-corrected chi connectivity index (χ3v) is 3.44. The minimum atomic E-state index is -4.11. The van der Waals surface area contributed by atoms with Gasteiger partial charge in [0, 0.05) is 31.2 Å². The molecule has 0 spiro atoms. The number of anilines is 1. The average molecular weight is 281 g/mol. The van der Waals surface area contributed by atoms with Crippen molar-refractivity contribution in [1.29, 1.82) is 0 Å². The summed E-state index contributed by atoms with van der Waals surface area (Å²) in [6.45, 7) is 3.67. The standard InChI is InChI=1S/C11H18F3N3S/c1-3-5-15-7-9-8-16-10(18-9)17(2)6-4-11(12,13)14/h8,15H,3-7H2,1-2H3. The predicted octanol–water partition coefficient (Wildman–Crippen LogP) is 3.03. The van der Waals surface area contributed by atoms with Crippen LogP contribution in [0.4, 0.5) is 18.3 Å². The Hall–Kier alpha value is -0.820. The van der Waals surface area contributed by atoms with Crippen LogP contribution in [-0.2, 0) is 6.54 Å². The molecule has 0 bridgehead atoms. The molecule has 0 atom stereocenters. The van der Waals surface area contributed by atoms with Gasteiger partial charge in [0.05, 0.1) is 6.42 Å². The topological polar surface area (TPSA) is 28.2 Å². The van der Waals surface area contributed by atoms with E-state index >= 15 is 0 Å². The number of thiazole rings is 1. The fourth-order valence-electron chi connectivity index (χ4n) is 1.33. The van der Waals surface area contributed by atoms with Gasteiger partial charge < -0.3 is 10.2 Å². The largest absolute Gasteiger partial charge is 0.390 e. The Morgan fingerprint density at radius 3 is 2.78 bits per heavy atom. The van der Waals surface area contributed by atoms with Crippen LogP contribution in [0.15, 0.2) is 6.20 Å². The average Bonchev–Trinajstić information content (AvgIpc) is 2.74. The first kappa shape index (κ1) is 15.2. The number of nitrogens with zero attached hydrogens (tertiary/aromatic N) is 2. The Kier molecular flexibility index (Phi) is 5.87. The van der Waals surface area contributed by atoms with Crippen LogP contribution in [0.25, 0.3) is 0 Å². The van der Waals surface area contributed by atoms with E-state index in [4.69, 9.17) is 0 Å². The SMILES string of the molecule is CCCNCc1cnc(N(C)CCC(F)(F)F)s1. The lowest BCUT2D eigenvalue weighted by Crippen LogP contribution is -2.23. The van der Waals surface area contributed by atoms with Crippen LogP contribution in [0.2, 0.25) is 0 Å². The van der Waals surface area contributed by atoms with Crippen molar-refractivity contribution >= 4 is 16.5 Å². The fraction of sp³-hybridized carbons (Fsp3) is 0.727. The lowest BCUT2D eigenvalue weighted by molar-refractivity contribution is -0.132. The van der Waals surface area contributed by atoms with E-state index in [2.05, 4.69) is 17.2 Å². The van der Waals surface area contributed by atoms with Gasteiger partial charge in [0.1, 0.15) is 0 Å². The summed E-state index contributed by atoms with van der Waals surface area (Å²) < 4.78 is 36.3. The van der Waals surface area contributed by atoms with E-state index in [-0.39, 0.29) is 6.54 Å². The molecule has 0 saturated heterocycles. The number of aromatic nitrogens is 1. The van der Waals surface area contributed by atoms with Gasteiger partial charge in [-0.15, -0.1) is 11.3 Å². The first-order valence-electron chi connectivity index (χ1n) is 5.85. The van der Waals surface area contributed by atoms with Gasteiger partial charge in [0.25, 0.3) is 0 Å². The summed E-state index contributed by atoms with van der Waals surface area (Å²) in [6.07, 6.45) is -2.16. The van der Waals surface area contributed by atoms with E-state index in [1.165, 1.54) is 11.3 Å². The van der Waals surface area contributed by atoms with E-state index in [0.717, 1.165) is 24.4 Å². The summed E-state index contributed by atoms with van der Waals surface area (Å²) in [4.78, 5) is 6.71. The molecule has 0 fully saturated rings. The Balaban J connectivity index is 2.41. The summed E-state index contributed by atoms with van der Waals surface area (Å²) in [5.74, 6) is 0. The molecule has 1 aromatic rings. The van der Waals surface area contributed by atoms with Crippen LogP contribution in [0, 0.1) is 0 Å². The van der Waals surface area contributed by atoms with Crippen LogP contribution in [0.3, 0.4) is 0 Å². The van der Waals surface area contributed by atoms with E-state index in [0.29, 0.717) is 5.13 Å². The lowest BCUT2D eigenvalue weighted by atomic mass is 10.4. The van der Waals surface area contributed by atoms with Gasteiger partial charge >= 0.3 is 6.18 Å². The van der Waals surface area contributed by atoms with Crippen molar-refractivity contribution in [2.75, 3.05) is 25.0 Å². The quantitative estimate of drug-likeness (QED) is 0.779. The van der Waals surface area contributed by atoms with Gasteiger partial charge in [-0.25, -0.2) is 4.98 Å². The second-order valence-electron chi connectivity index (χ2n) is 4.07. The molecule has 104 valence electrons. The molecule has 0 unspecified atom stereocenters. The molecule has 0 radical (unpaired) electrons. The number of nitrogens with one attached hydrogen (secondary N) is 1. The molecule has 0 saturated carbocycles. The summed E-state index contributed by atoms with van der Waals surface area (Å²) in [7, 11) is 1.63. The molecule has 0 aliphatic heterocycles. The maximum absolute atomic E-state index is 12.1. The van der Waals surface area contributed by atoms with Crippen molar-refractivity contribution in [2.24, 2.45) is 0 Å². The maximum atomic E-state index is 12.1. The van der Waals surface area contributed by atoms with Crippen molar-refractivity contribution in [1.82, 2.24) is 10.3 Å². The number of halogens is 3. The van der Waals surface area contributed by atoms with Crippen molar-refractivity contribution in [3.63, 3.8) is 0 Å². The molecule has 0 amide bonds. The Bertz CT molecular complexity index is 352. The molecular weight excluding hydrogens is 263 g/mol. The van der Waals surface area contributed by atoms with Crippen LogP contribution in [0.1, 0.15) is 24.6 Å². The third kappa shape index (κ3) is 5.68. The van der Waals surface area contributed by atoms with Gasteiger partial charge in [0.2, 0.25) is 0 Å². The Morgan fingerprint density at radius 2 is 2.17 bits per heavy atom. The summed E-state index contributed by atoms with van der Waals surface area (Å²) in [5.41, 5.74) is 0. The molecule has 0 aliphatic carbocycles. The molecular formula is C11H18F3N3S. The lowest BCUT2D eigenvalue weighted by Gasteiger charge is -2.16. The summed E-state index contributed by atoms with van der Waals surface area (Å²) in [5, 5.41) is 3.86. The highest BCUT2D eigenvalue weighted by Gasteiger charge is 2.27. The van der Waals surface area contributed by atoms with Gasteiger partial charge in [-0.1, -0.05) is 6.92 Å². The maximum Gasteiger partial charge on any atom is 0.390 e. The van der Waals surface area contributed by atoms with Gasteiger partial charge in [-0.2, -0.15) is 13.2 Å². The number of hydrogen-bond acceptors (Lipinski definition) is 4. The number of alkyl halides is 3. The van der Waals surface area contributed by atoms with Crippen molar-refractivity contribution in [2.45, 2.75) is 32.5 Å². The van der Waals surface area contributed by atoms with Gasteiger partial charge in [0.15, 0.2) is 5.13 Å². The monoisotopic (exact) mass is 281 g/mol. The van der Waals surface area contributed by atoms with Gasteiger partial charge in [-0.05, 0) is 13.0 Å². The molecule has 7 heteroatoms. The molecule has 1 heterocycles. The van der Waals surface area contributed by atoms with Crippen molar-refractivity contribution in [3.05, 3.63) is 11.1 Å². The van der Waals surface area contributed by atoms with Gasteiger partial charge in [-0.3, -0.25) is 0 Å². The third-order valence-electron chi connectivity index (χ3n) is 2.32. The summed E-state index contributed by atoms with van der Waals surface area (Å²) >= 11 is 1.43. The van der Waals surface area contributed by atoms with Crippen LogP contribution in [0.5, 0.6) is 0 Å². The predicted molar refractivity (Wildman–Crippen MR) is 68.1 cm³/mol. The number of hydrogen-bond donors (Lipinski definition) is 1. The summed E-state index contributed by atoms with van der Waals surface area (Å²) in [6, 6.07) is 0. The highest BCUT2D eigenvalue weighted by molar-refractivity contribution is 7.15. The van der Waals surface area contributed by atoms with Crippen molar-refractivity contribution < 1.29 is 13.2 Å². The van der Waals surface area contributed by atoms with Crippen LogP contribution in [-0.4, -0.2) is 31.3 Å². The highest BCUT2D eigenvalue weighted by Crippen LogP contribution is 2.24. The zero-order chi connectivity index (χ0) is 13.6. The van der Waals surface area contributed by atoms with E-state index in [9.17, 15) is 13.2 Å². The Morgan fingerprint density at radius 1 is 1.44 bits per heavy atom. The van der Waals surface area contributed by atoms with Crippen molar-refractivity contribution in [3.8, 4) is 0 Å². The number of rotatable bonds is 7. The first-order chi connectivity index (χ1) is 8.42. The zero-order valence-electron chi connectivity index (χ0n) is 10.5. The van der Waals surface area contributed by atoms with Crippen LogP contribution >= 0.6 is 11.3 Å². The van der Waals surface area contributed by atoms with E-state index in [1.807, 2.05) is 0 Å². The second-order valence-corrected chi connectivity index (χ2v) is 5.17. The molecule has 18 heavy (non-hydrogen) atoms. The minimum absolute atomic E-state index is 0.0567. The molecule has 3 nitrogen and oxygen atoms in total. The second kappa shape index (κ2) is 6.94. The molecule has 0 aromatic carbocycles. The smallest absolute Gasteiger partial charge is 0.351 e. The molecule has 0 aliphatic rings. The van der Waals surface area contributed by atoms with E-state index in [1.54, 1.807) is 18.1 Å². The van der Waals surface area contributed by atoms with Crippen LogP contribution < -0.4 is 10.2 Å². The minimum Gasteiger partial charge on any atom is -0.351 e. The first-order valence-corrected chi connectivity index (χ1v) is 6.67. The fourth-order valence-corrected chi connectivity index (χ4v) is 2.20. The molecule has 1 rings (SSSR count). The Labute approximate surface area is 109 Å². The zero-order valence-corrected chi connectivity index (χ0v) is 11.4. The molecule has 1 N–H and O–H groups in total. The normalized spacial score (nSPS) is 11.8. The molecule has 1 aromatic heterocycles. The highest BCUT2D eigenvalue weighted by atomic mass is 32.1.